The predicted molar refractivity (Wildman–Crippen MR) is 29.5 cm³/mol. The Bertz CT molecular complexity index is 134. The van der Waals surface area contributed by atoms with E-state index in [0.717, 1.165) is 0 Å². The molecule has 9 heavy (non-hydrogen) atoms. The third-order valence-corrected chi connectivity index (χ3v) is 1.49. The van der Waals surface area contributed by atoms with Gasteiger partial charge in [0.05, 0.1) is 13.2 Å². The van der Waals surface area contributed by atoms with Gasteiger partial charge in [-0.3, -0.25) is 0 Å². The molecule has 1 fully saturated rings. The summed E-state index contributed by atoms with van der Waals surface area (Å²) in [6.07, 6.45) is 0.451. The van der Waals surface area contributed by atoms with Crippen LogP contribution in [0.15, 0.2) is 0 Å². The zero-order chi connectivity index (χ0) is 6.74. The van der Waals surface area contributed by atoms with Crippen molar-refractivity contribution in [2.75, 3.05) is 13.2 Å². The molecule has 0 unspecified atom stereocenters. The lowest BCUT2D eigenvalue weighted by molar-refractivity contribution is 0.0208. The van der Waals surface area contributed by atoms with Gasteiger partial charge < -0.3 is 4.74 Å². The molecular formula is C6H8FNO. The fraction of sp³-hybridized carbons (Fsp3) is 0.833. The number of rotatable bonds is 0. The average Bonchev–Trinajstić information content (AvgIpc) is 1.90. The van der Waals surface area contributed by atoms with Gasteiger partial charge in [-0.05, 0) is 0 Å². The normalized spacial score (nSPS) is 24.9. The van der Waals surface area contributed by atoms with Crippen molar-refractivity contribution in [1.29, 1.82) is 5.26 Å². The number of alkyl halides is 1. The zero-order valence-corrected chi connectivity index (χ0v) is 5.06. The maximum atomic E-state index is 12.9. The molecule has 50 valence electrons. The number of hydrogen-bond acceptors (Lipinski definition) is 2. The fourth-order valence-corrected chi connectivity index (χ4v) is 0.807. The van der Waals surface area contributed by atoms with Crippen molar-refractivity contribution in [3.8, 4) is 6.07 Å². The van der Waals surface area contributed by atoms with E-state index >= 15 is 0 Å². The van der Waals surface area contributed by atoms with Crippen molar-refractivity contribution >= 4 is 0 Å². The van der Waals surface area contributed by atoms with E-state index in [4.69, 9.17) is 10.00 Å². The van der Waals surface area contributed by atoms with Crippen molar-refractivity contribution < 1.29 is 9.13 Å². The highest BCUT2D eigenvalue weighted by Gasteiger charge is 2.31. The summed E-state index contributed by atoms with van der Waals surface area (Å²) in [4.78, 5) is 0. The molecule has 0 saturated carbocycles. The summed E-state index contributed by atoms with van der Waals surface area (Å²) in [5, 5.41) is 8.27. The van der Waals surface area contributed by atoms with E-state index in [9.17, 15) is 4.39 Å². The Labute approximate surface area is 53.2 Å². The predicted octanol–water partition coefficient (Wildman–Crippen LogP) is 1.03. The number of nitriles is 1. The molecule has 0 aromatic carbocycles. The molecule has 0 N–H and O–H groups in total. The average molecular weight is 129 g/mol. The Kier molecular flexibility index (Phi) is 1.68. The van der Waals surface area contributed by atoms with Gasteiger partial charge in [-0.15, -0.1) is 0 Å². The van der Waals surface area contributed by atoms with E-state index in [2.05, 4.69) is 0 Å². The molecule has 1 aliphatic rings. The first kappa shape index (κ1) is 6.50. The highest BCUT2D eigenvalue weighted by molar-refractivity contribution is 5.01. The monoisotopic (exact) mass is 129 g/mol. The molecule has 0 aliphatic carbocycles. The Morgan fingerprint density at radius 2 is 2.00 bits per heavy atom. The van der Waals surface area contributed by atoms with Crippen molar-refractivity contribution in [3.63, 3.8) is 0 Å². The molecule has 2 nitrogen and oxygen atoms in total. The third-order valence-electron chi connectivity index (χ3n) is 1.49. The van der Waals surface area contributed by atoms with Crippen LogP contribution in [-0.4, -0.2) is 18.9 Å². The van der Waals surface area contributed by atoms with Gasteiger partial charge in [-0.2, -0.15) is 5.26 Å². The molecule has 0 aromatic heterocycles. The fourth-order valence-electron chi connectivity index (χ4n) is 0.807. The highest BCUT2D eigenvalue weighted by atomic mass is 19.1. The van der Waals surface area contributed by atoms with Gasteiger partial charge in [0, 0.05) is 12.8 Å². The lowest BCUT2D eigenvalue weighted by atomic mass is 9.99. The van der Waals surface area contributed by atoms with Gasteiger partial charge >= 0.3 is 0 Å². The summed E-state index contributed by atoms with van der Waals surface area (Å²) in [5.74, 6) is 0. The Morgan fingerprint density at radius 3 is 2.33 bits per heavy atom. The topological polar surface area (TPSA) is 33.0 Å². The van der Waals surface area contributed by atoms with E-state index in [1.54, 1.807) is 6.07 Å². The second-order valence-corrected chi connectivity index (χ2v) is 2.19. The van der Waals surface area contributed by atoms with Crippen LogP contribution < -0.4 is 0 Å². The summed E-state index contributed by atoms with van der Waals surface area (Å²) in [7, 11) is 0. The van der Waals surface area contributed by atoms with Crippen LogP contribution in [-0.2, 0) is 4.74 Å². The van der Waals surface area contributed by atoms with Gasteiger partial charge in [0.25, 0.3) is 0 Å². The van der Waals surface area contributed by atoms with E-state index < -0.39 is 5.67 Å². The first-order valence-corrected chi connectivity index (χ1v) is 2.95. The van der Waals surface area contributed by atoms with Crippen LogP contribution in [0.4, 0.5) is 4.39 Å². The van der Waals surface area contributed by atoms with Crippen molar-refractivity contribution in [2.45, 2.75) is 18.5 Å². The summed E-state index contributed by atoms with van der Waals surface area (Å²) in [6.45, 7) is 0.758. The van der Waals surface area contributed by atoms with E-state index in [1.807, 2.05) is 0 Å². The Hall–Kier alpha value is -0.620. The molecule has 0 bridgehead atoms. The minimum Gasteiger partial charge on any atom is -0.381 e. The number of nitrogens with zero attached hydrogens (tertiary/aromatic N) is 1. The quantitative estimate of drug-likeness (QED) is 0.489. The van der Waals surface area contributed by atoms with Gasteiger partial charge in [0.15, 0.2) is 0 Å². The van der Waals surface area contributed by atoms with Gasteiger partial charge in [0.1, 0.15) is 6.07 Å². The molecule has 0 aromatic rings. The molecule has 0 spiro atoms. The van der Waals surface area contributed by atoms with Crippen LogP contribution in [0.25, 0.3) is 0 Å². The molecule has 1 aliphatic heterocycles. The Balaban J connectivity index is 2.49. The number of ether oxygens (including phenoxy) is 1. The van der Waals surface area contributed by atoms with E-state index in [1.165, 1.54) is 0 Å². The molecule has 0 atom stereocenters. The highest BCUT2D eigenvalue weighted by Crippen LogP contribution is 2.23. The second-order valence-electron chi connectivity index (χ2n) is 2.19. The van der Waals surface area contributed by atoms with E-state index in [0.29, 0.717) is 13.2 Å². The first-order valence-electron chi connectivity index (χ1n) is 2.95. The third kappa shape index (κ3) is 1.39. The maximum Gasteiger partial charge on any atom is 0.200 e. The molecule has 0 amide bonds. The van der Waals surface area contributed by atoms with E-state index in [-0.39, 0.29) is 12.8 Å². The molecule has 0 radical (unpaired) electrons. The smallest absolute Gasteiger partial charge is 0.200 e. The van der Waals surface area contributed by atoms with Crippen LogP contribution >= 0.6 is 0 Å². The number of hydrogen-bond donors (Lipinski definition) is 0. The first-order chi connectivity index (χ1) is 4.27. The zero-order valence-electron chi connectivity index (χ0n) is 5.06. The van der Waals surface area contributed by atoms with Crippen LogP contribution in [0.2, 0.25) is 0 Å². The van der Waals surface area contributed by atoms with Crippen LogP contribution in [0.1, 0.15) is 12.8 Å². The summed E-state index contributed by atoms with van der Waals surface area (Å²) in [5.41, 5.74) is -1.60. The molecule has 1 rings (SSSR count). The SMILES string of the molecule is N#CC1(F)CCOCC1. The lowest BCUT2D eigenvalue weighted by Gasteiger charge is -2.21. The minimum atomic E-state index is -1.60. The number of halogens is 1. The van der Waals surface area contributed by atoms with Crippen molar-refractivity contribution in [1.82, 2.24) is 0 Å². The van der Waals surface area contributed by atoms with Crippen molar-refractivity contribution in [2.24, 2.45) is 0 Å². The lowest BCUT2D eigenvalue weighted by Crippen LogP contribution is -2.29. The summed E-state index contributed by atoms with van der Waals surface area (Å²) >= 11 is 0. The Morgan fingerprint density at radius 1 is 1.44 bits per heavy atom. The molecule has 1 heterocycles. The van der Waals surface area contributed by atoms with Gasteiger partial charge in [0.2, 0.25) is 5.67 Å². The van der Waals surface area contributed by atoms with Gasteiger partial charge in [-0.25, -0.2) is 4.39 Å². The molecule has 3 heteroatoms. The van der Waals surface area contributed by atoms with Crippen LogP contribution in [0.3, 0.4) is 0 Å². The summed E-state index contributed by atoms with van der Waals surface area (Å²) < 4.78 is 17.7. The molecular weight excluding hydrogens is 121 g/mol. The van der Waals surface area contributed by atoms with Crippen LogP contribution in [0.5, 0.6) is 0 Å². The van der Waals surface area contributed by atoms with Gasteiger partial charge in [-0.1, -0.05) is 0 Å². The minimum absolute atomic E-state index is 0.226. The second kappa shape index (κ2) is 2.32. The summed E-state index contributed by atoms with van der Waals surface area (Å²) in [6, 6.07) is 1.63. The van der Waals surface area contributed by atoms with Crippen LogP contribution in [0, 0.1) is 11.3 Å². The molecule has 1 saturated heterocycles. The van der Waals surface area contributed by atoms with Crippen molar-refractivity contribution in [3.05, 3.63) is 0 Å². The maximum absolute atomic E-state index is 12.9. The largest absolute Gasteiger partial charge is 0.381 e. The standard InChI is InChI=1S/C6H8FNO/c7-6(5-8)1-3-9-4-2-6/h1-4H2.